The molecule has 1 saturated carbocycles. The van der Waals surface area contributed by atoms with Crippen LogP contribution in [0.3, 0.4) is 0 Å². The Morgan fingerprint density at radius 3 is 2.50 bits per heavy atom. The van der Waals surface area contributed by atoms with Crippen LogP contribution >= 0.6 is 0 Å². The Kier molecular flexibility index (Phi) is 3.78. The topological polar surface area (TPSA) is 64.3 Å². The first-order valence-corrected chi connectivity index (χ1v) is 7.02. The van der Waals surface area contributed by atoms with Gasteiger partial charge in [-0.1, -0.05) is 26.8 Å². The number of hydrogen-bond donors (Lipinski definition) is 2. The lowest BCUT2D eigenvalue weighted by Crippen LogP contribution is -2.31. The van der Waals surface area contributed by atoms with Crippen molar-refractivity contribution in [3.8, 4) is 5.75 Å². The molecule has 1 aromatic carbocycles. The standard InChI is InChI=1S/C16H24N2O2/c1-15(2,3)11-5-6-13(20-4)12(9-11)18-14(19)16(10-17)7-8-16/h5-6,9H,7-8,10,17H2,1-4H3,(H,18,19). The van der Waals surface area contributed by atoms with Gasteiger partial charge in [-0.3, -0.25) is 4.79 Å². The molecule has 1 amide bonds. The van der Waals surface area contributed by atoms with Gasteiger partial charge >= 0.3 is 0 Å². The highest BCUT2D eigenvalue weighted by Gasteiger charge is 2.48. The summed E-state index contributed by atoms with van der Waals surface area (Å²) in [6.07, 6.45) is 1.74. The molecule has 110 valence electrons. The fourth-order valence-electron chi connectivity index (χ4n) is 2.20. The van der Waals surface area contributed by atoms with Crippen LogP contribution in [0, 0.1) is 5.41 Å². The van der Waals surface area contributed by atoms with Gasteiger partial charge in [0.15, 0.2) is 0 Å². The molecule has 0 spiro atoms. The molecule has 1 aliphatic carbocycles. The summed E-state index contributed by atoms with van der Waals surface area (Å²) in [5.41, 5.74) is 7.25. The zero-order valence-electron chi connectivity index (χ0n) is 12.7. The highest BCUT2D eigenvalue weighted by atomic mass is 16.5. The third-order valence-corrected chi connectivity index (χ3v) is 4.04. The normalized spacial score (nSPS) is 16.6. The van der Waals surface area contributed by atoms with Crippen LogP contribution in [-0.2, 0) is 10.2 Å². The lowest BCUT2D eigenvalue weighted by Gasteiger charge is -2.22. The maximum absolute atomic E-state index is 12.3. The average Bonchev–Trinajstić information content (AvgIpc) is 3.18. The zero-order valence-corrected chi connectivity index (χ0v) is 12.7. The molecule has 20 heavy (non-hydrogen) atoms. The molecule has 1 aromatic rings. The third kappa shape index (κ3) is 2.80. The van der Waals surface area contributed by atoms with Gasteiger partial charge in [-0.05, 0) is 36.0 Å². The Hall–Kier alpha value is -1.55. The molecule has 0 radical (unpaired) electrons. The number of rotatable bonds is 4. The Morgan fingerprint density at radius 1 is 1.40 bits per heavy atom. The molecule has 0 aromatic heterocycles. The minimum atomic E-state index is -0.358. The summed E-state index contributed by atoms with van der Waals surface area (Å²) in [6, 6.07) is 5.92. The Balaban J connectivity index is 2.27. The van der Waals surface area contributed by atoms with Gasteiger partial charge in [-0.15, -0.1) is 0 Å². The summed E-state index contributed by atoms with van der Waals surface area (Å²) in [4.78, 5) is 12.3. The van der Waals surface area contributed by atoms with Crippen molar-refractivity contribution in [3.63, 3.8) is 0 Å². The van der Waals surface area contributed by atoms with E-state index >= 15 is 0 Å². The van der Waals surface area contributed by atoms with E-state index in [1.807, 2.05) is 18.2 Å². The second-order valence-electron chi connectivity index (χ2n) is 6.60. The predicted molar refractivity (Wildman–Crippen MR) is 81.0 cm³/mol. The van der Waals surface area contributed by atoms with E-state index in [-0.39, 0.29) is 16.7 Å². The van der Waals surface area contributed by atoms with Crippen LogP contribution in [-0.4, -0.2) is 19.6 Å². The number of methoxy groups -OCH3 is 1. The quantitative estimate of drug-likeness (QED) is 0.888. The number of ether oxygens (including phenoxy) is 1. The van der Waals surface area contributed by atoms with Crippen molar-refractivity contribution < 1.29 is 9.53 Å². The second-order valence-corrected chi connectivity index (χ2v) is 6.60. The lowest BCUT2D eigenvalue weighted by atomic mass is 9.86. The minimum Gasteiger partial charge on any atom is -0.495 e. The number of anilines is 1. The molecular formula is C16H24N2O2. The van der Waals surface area contributed by atoms with Gasteiger partial charge in [0.1, 0.15) is 5.75 Å². The SMILES string of the molecule is COc1ccc(C(C)(C)C)cc1NC(=O)C1(CN)CC1. The number of carbonyl (C=O) groups excluding carboxylic acids is 1. The van der Waals surface area contributed by atoms with Crippen molar-refractivity contribution in [1.82, 2.24) is 0 Å². The molecule has 3 N–H and O–H groups in total. The third-order valence-electron chi connectivity index (χ3n) is 4.04. The molecule has 1 fully saturated rings. The van der Waals surface area contributed by atoms with E-state index < -0.39 is 0 Å². The van der Waals surface area contributed by atoms with Gasteiger partial charge in [0.25, 0.3) is 0 Å². The molecule has 2 rings (SSSR count). The first kappa shape index (κ1) is 14.9. The first-order valence-electron chi connectivity index (χ1n) is 7.02. The van der Waals surface area contributed by atoms with E-state index in [9.17, 15) is 4.79 Å². The Labute approximate surface area is 120 Å². The maximum atomic E-state index is 12.3. The molecular weight excluding hydrogens is 252 g/mol. The number of nitrogens with one attached hydrogen (secondary N) is 1. The average molecular weight is 276 g/mol. The maximum Gasteiger partial charge on any atom is 0.231 e. The number of carbonyl (C=O) groups is 1. The van der Waals surface area contributed by atoms with Gasteiger partial charge in [-0.25, -0.2) is 0 Å². The van der Waals surface area contributed by atoms with Crippen LogP contribution in [0.4, 0.5) is 5.69 Å². The minimum absolute atomic E-state index is 0.00404. The molecule has 1 aliphatic rings. The predicted octanol–water partition coefficient (Wildman–Crippen LogP) is 2.67. The molecule has 0 atom stereocenters. The van der Waals surface area contributed by atoms with Crippen molar-refractivity contribution in [1.29, 1.82) is 0 Å². The summed E-state index contributed by atoms with van der Waals surface area (Å²) in [5, 5.41) is 2.98. The van der Waals surface area contributed by atoms with Crippen molar-refractivity contribution in [2.45, 2.75) is 39.0 Å². The first-order chi connectivity index (χ1) is 9.32. The van der Waals surface area contributed by atoms with Gasteiger partial charge < -0.3 is 15.8 Å². The molecule has 0 saturated heterocycles. The van der Waals surface area contributed by atoms with Gasteiger partial charge in [0, 0.05) is 6.54 Å². The van der Waals surface area contributed by atoms with Crippen LogP contribution in [0.25, 0.3) is 0 Å². The van der Waals surface area contributed by atoms with Crippen molar-refractivity contribution >= 4 is 11.6 Å². The van der Waals surface area contributed by atoms with Crippen LogP contribution in [0.5, 0.6) is 5.75 Å². The molecule has 0 aliphatic heterocycles. The van der Waals surface area contributed by atoms with E-state index in [1.54, 1.807) is 7.11 Å². The highest BCUT2D eigenvalue weighted by molar-refractivity contribution is 5.98. The number of hydrogen-bond acceptors (Lipinski definition) is 3. The lowest BCUT2D eigenvalue weighted by molar-refractivity contribution is -0.120. The Morgan fingerprint density at radius 2 is 2.05 bits per heavy atom. The van der Waals surface area contributed by atoms with E-state index in [0.29, 0.717) is 12.3 Å². The molecule has 4 nitrogen and oxygen atoms in total. The Bertz CT molecular complexity index is 514. The molecule has 0 heterocycles. The highest BCUT2D eigenvalue weighted by Crippen LogP contribution is 2.46. The summed E-state index contributed by atoms with van der Waals surface area (Å²) in [6.45, 7) is 6.83. The van der Waals surface area contributed by atoms with Gasteiger partial charge in [0.2, 0.25) is 5.91 Å². The van der Waals surface area contributed by atoms with Crippen LogP contribution in [0.1, 0.15) is 39.2 Å². The monoisotopic (exact) mass is 276 g/mol. The smallest absolute Gasteiger partial charge is 0.231 e. The summed E-state index contributed by atoms with van der Waals surface area (Å²) >= 11 is 0. The fraction of sp³-hybridized carbons (Fsp3) is 0.562. The van der Waals surface area contributed by atoms with E-state index in [0.717, 1.165) is 24.1 Å². The van der Waals surface area contributed by atoms with Gasteiger partial charge in [-0.2, -0.15) is 0 Å². The number of amides is 1. The van der Waals surface area contributed by atoms with Crippen LogP contribution < -0.4 is 15.8 Å². The van der Waals surface area contributed by atoms with Crippen molar-refractivity contribution in [3.05, 3.63) is 23.8 Å². The zero-order chi connectivity index (χ0) is 15.0. The van der Waals surface area contributed by atoms with Gasteiger partial charge in [0.05, 0.1) is 18.2 Å². The van der Waals surface area contributed by atoms with Crippen molar-refractivity contribution in [2.24, 2.45) is 11.1 Å². The molecule has 0 bridgehead atoms. The fourth-order valence-corrected chi connectivity index (χ4v) is 2.20. The van der Waals surface area contributed by atoms with E-state index in [1.165, 1.54) is 0 Å². The number of nitrogens with two attached hydrogens (primary N) is 1. The van der Waals surface area contributed by atoms with Crippen LogP contribution in [0.2, 0.25) is 0 Å². The largest absolute Gasteiger partial charge is 0.495 e. The summed E-state index contributed by atoms with van der Waals surface area (Å²) in [7, 11) is 1.61. The van der Waals surface area contributed by atoms with Crippen molar-refractivity contribution in [2.75, 3.05) is 19.0 Å². The summed E-state index contributed by atoms with van der Waals surface area (Å²) in [5.74, 6) is 0.684. The number of benzene rings is 1. The van der Waals surface area contributed by atoms with E-state index in [2.05, 4.69) is 26.1 Å². The van der Waals surface area contributed by atoms with E-state index in [4.69, 9.17) is 10.5 Å². The van der Waals surface area contributed by atoms with Crippen LogP contribution in [0.15, 0.2) is 18.2 Å². The molecule has 0 unspecified atom stereocenters. The second kappa shape index (κ2) is 5.09. The summed E-state index contributed by atoms with van der Waals surface area (Å²) < 4.78 is 5.33. The molecule has 4 heteroatoms.